The Morgan fingerprint density at radius 2 is 2.00 bits per heavy atom. The molecule has 90 valence electrons. The fourth-order valence-corrected chi connectivity index (χ4v) is 1.23. The quantitative estimate of drug-likeness (QED) is 0.660. The van der Waals surface area contributed by atoms with Crippen molar-refractivity contribution in [3.63, 3.8) is 0 Å². The van der Waals surface area contributed by atoms with Crippen LogP contribution in [0.2, 0.25) is 0 Å². The lowest BCUT2D eigenvalue weighted by atomic mass is 10.3. The maximum absolute atomic E-state index is 5.47. The van der Waals surface area contributed by atoms with E-state index in [0.717, 1.165) is 32.8 Å². The molecule has 16 heavy (non-hydrogen) atoms. The van der Waals surface area contributed by atoms with Crippen LogP contribution in [0.3, 0.4) is 0 Å². The van der Waals surface area contributed by atoms with E-state index in [9.17, 15) is 0 Å². The zero-order valence-corrected chi connectivity index (χ0v) is 10.1. The topological polar surface area (TPSA) is 37.4 Å². The molecule has 0 amide bonds. The molecular weight excluding hydrogens is 202 g/mol. The van der Waals surface area contributed by atoms with E-state index in [-0.39, 0.29) is 0 Å². The average molecular weight is 223 g/mol. The lowest BCUT2D eigenvalue weighted by Gasteiger charge is -2.10. The molecule has 0 aliphatic heterocycles. The molecule has 1 rings (SSSR count). The number of aromatic nitrogens is 1. The Kier molecular flexibility index (Phi) is 6.72. The number of hydrogen-bond donors (Lipinski definition) is 1. The normalized spacial score (nSPS) is 10.9. The Balaban J connectivity index is 1.93. The molecule has 4 nitrogen and oxygen atoms in total. The number of hydrogen-bond acceptors (Lipinski definition) is 4. The Morgan fingerprint density at radius 3 is 2.69 bits per heavy atom. The predicted molar refractivity (Wildman–Crippen MR) is 65.3 cm³/mol. The molecule has 0 fully saturated rings. The second-order valence-corrected chi connectivity index (χ2v) is 3.95. The molecule has 4 heteroatoms. The molecule has 1 aromatic rings. The summed E-state index contributed by atoms with van der Waals surface area (Å²) in [5.74, 6) is 0. The van der Waals surface area contributed by atoms with E-state index in [1.54, 1.807) is 0 Å². The van der Waals surface area contributed by atoms with E-state index >= 15 is 0 Å². The van der Waals surface area contributed by atoms with Crippen LogP contribution in [0.5, 0.6) is 0 Å². The number of pyridine rings is 1. The summed E-state index contributed by atoms with van der Waals surface area (Å²) in [7, 11) is 4.09. The SMILES string of the molecule is CN(C)CCOCCNCc1ccncc1. The van der Waals surface area contributed by atoms with Crippen LogP contribution in [0.1, 0.15) is 5.56 Å². The molecule has 0 saturated heterocycles. The van der Waals surface area contributed by atoms with Crippen molar-refractivity contribution in [2.24, 2.45) is 0 Å². The third kappa shape index (κ3) is 6.50. The minimum atomic E-state index is 0.763. The van der Waals surface area contributed by atoms with Crippen LogP contribution in [0.4, 0.5) is 0 Å². The van der Waals surface area contributed by atoms with Gasteiger partial charge in [0.15, 0.2) is 0 Å². The van der Waals surface area contributed by atoms with E-state index in [4.69, 9.17) is 4.74 Å². The first-order chi connectivity index (χ1) is 7.79. The van der Waals surface area contributed by atoms with Gasteiger partial charge in [-0.15, -0.1) is 0 Å². The summed E-state index contributed by atoms with van der Waals surface area (Å²) in [5, 5.41) is 3.32. The second kappa shape index (κ2) is 8.21. The van der Waals surface area contributed by atoms with Gasteiger partial charge in [-0.2, -0.15) is 0 Å². The minimum absolute atomic E-state index is 0.763. The Hall–Kier alpha value is -0.970. The summed E-state index contributed by atoms with van der Waals surface area (Å²) in [6.07, 6.45) is 3.62. The smallest absolute Gasteiger partial charge is 0.0593 e. The summed E-state index contributed by atoms with van der Waals surface area (Å²) < 4.78 is 5.47. The zero-order chi connectivity index (χ0) is 11.6. The van der Waals surface area contributed by atoms with Gasteiger partial charge < -0.3 is 15.0 Å². The number of ether oxygens (including phenoxy) is 1. The zero-order valence-electron chi connectivity index (χ0n) is 10.1. The van der Waals surface area contributed by atoms with Crippen molar-refractivity contribution >= 4 is 0 Å². The van der Waals surface area contributed by atoms with Gasteiger partial charge in [0, 0.05) is 32.0 Å². The molecule has 1 heterocycles. The van der Waals surface area contributed by atoms with Gasteiger partial charge in [0.2, 0.25) is 0 Å². The maximum Gasteiger partial charge on any atom is 0.0593 e. The van der Waals surface area contributed by atoms with Crippen LogP contribution >= 0.6 is 0 Å². The fourth-order valence-electron chi connectivity index (χ4n) is 1.23. The molecule has 0 bridgehead atoms. The van der Waals surface area contributed by atoms with Gasteiger partial charge in [-0.1, -0.05) is 0 Å². The van der Waals surface area contributed by atoms with Crippen molar-refractivity contribution in [2.75, 3.05) is 40.4 Å². The third-order valence-electron chi connectivity index (χ3n) is 2.18. The van der Waals surface area contributed by atoms with Crippen LogP contribution in [-0.2, 0) is 11.3 Å². The second-order valence-electron chi connectivity index (χ2n) is 3.95. The van der Waals surface area contributed by atoms with Gasteiger partial charge in [0.05, 0.1) is 13.2 Å². The van der Waals surface area contributed by atoms with Crippen LogP contribution in [0, 0.1) is 0 Å². The lowest BCUT2D eigenvalue weighted by Crippen LogP contribution is -2.23. The van der Waals surface area contributed by atoms with Crippen molar-refractivity contribution in [1.29, 1.82) is 0 Å². The number of likely N-dealkylation sites (N-methyl/N-ethyl adjacent to an activating group) is 1. The van der Waals surface area contributed by atoms with Crippen molar-refractivity contribution < 1.29 is 4.74 Å². The molecule has 0 saturated carbocycles. The van der Waals surface area contributed by atoms with Crippen LogP contribution in [-0.4, -0.2) is 50.3 Å². The van der Waals surface area contributed by atoms with Crippen LogP contribution in [0.15, 0.2) is 24.5 Å². The molecule has 0 aliphatic rings. The highest BCUT2D eigenvalue weighted by Crippen LogP contribution is 1.94. The van der Waals surface area contributed by atoms with E-state index in [0.29, 0.717) is 0 Å². The molecule has 0 radical (unpaired) electrons. The molecule has 0 aromatic carbocycles. The first-order valence-electron chi connectivity index (χ1n) is 5.61. The van der Waals surface area contributed by atoms with Crippen LogP contribution < -0.4 is 5.32 Å². The van der Waals surface area contributed by atoms with E-state index < -0.39 is 0 Å². The van der Waals surface area contributed by atoms with Gasteiger partial charge in [-0.3, -0.25) is 4.98 Å². The number of rotatable bonds is 8. The Morgan fingerprint density at radius 1 is 1.25 bits per heavy atom. The maximum atomic E-state index is 5.47. The highest BCUT2D eigenvalue weighted by atomic mass is 16.5. The third-order valence-corrected chi connectivity index (χ3v) is 2.18. The summed E-state index contributed by atoms with van der Waals surface area (Å²) in [5.41, 5.74) is 1.25. The average Bonchev–Trinajstić information content (AvgIpc) is 2.29. The standard InChI is InChI=1S/C12H21N3O/c1-15(2)8-10-16-9-7-14-11-12-3-5-13-6-4-12/h3-6,14H,7-11H2,1-2H3. The van der Waals surface area contributed by atoms with Gasteiger partial charge in [0.1, 0.15) is 0 Å². The Bertz CT molecular complexity index is 264. The molecule has 1 N–H and O–H groups in total. The number of nitrogens with zero attached hydrogens (tertiary/aromatic N) is 2. The lowest BCUT2D eigenvalue weighted by molar-refractivity contribution is 0.119. The van der Waals surface area contributed by atoms with Crippen molar-refractivity contribution in [2.45, 2.75) is 6.54 Å². The summed E-state index contributed by atoms with van der Waals surface area (Å²) in [6.45, 7) is 4.29. The highest BCUT2D eigenvalue weighted by molar-refractivity contribution is 5.08. The minimum Gasteiger partial charge on any atom is -0.379 e. The summed E-state index contributed by atoms with van der Waals surface area (Å²) >= 11 is 0. The Labute approximate surface area is 97.6 Å². The van der Waals surface area contributed by atoms with Gasteiger partial charge >= 0.3 is 0 Å². The van der Waals surface area contributed by atoms with Gasteiger partial charge in [0.25, 0.3) is 0 Å². The molecule has 0 spiro atoms. The van der Waals surface area contributed by atoms with E-state index in [1.807, 2.05) is 38.6 Å². The molecule has 0 aliphatic carbocycles. The summed E-state index contributed by atoms with van der Waals surface area (Å²) in [4.78, 5) is 6.09. The molecule has 0 atom stereocenters. The van der Waals surface area contributed by atoms with Gasteiger partial charge in [-0.05, 0) is 31.8 Å². The van der Waals surface area contributed by atoms with Crippen molar-refractivity contribution in [1.82, 2.24) is 15.2 Å². The highest BCUT2D eigenvalue weighted by Gasteiger charge is 1.92. The van der Waals surface area contributed by atoms with Crippen molar-refractivity contribution in [3.05, 3.63) is 30.1 Å². The largest absolute Gasteiger partial charge is 0.379 e. The van der Waals surface area contributed by atoms with E-state index in [2.05, 4.69) is 15.2 Å². The first-order valence-corrected chi connectivity index (χ1v) is 5.61. The van der Waals surface area contributed by atoms with Gasteiger partial charge in [-0.25, -0.2) is 0 Å². The molecule has 0 unspecified atom stereocenters. The van der Waals surface area contributed by atoms with Crippen LogP contribution in [0.25, 0.3) is 0 Å². The fraction of sp³-hybridized carbons (Fsp3) is 0.583. The molecular formula is C12H21N3O. The van der Waals surface area contributed by atoms with Crippen molar-refractivity contribution in [3.8, 4) is 0 Å². The first kappa shape index (κ1) is 13.1. The number of nitrogens with one attached hydrogen (secondary N) is 1. The monoisotopic (exact) mass is 223 g/mol. The van der Waals surface area contributed by atoms with E-state index in [1.165, 1.54) is 5.56 Å². The summed E-state index contributed by atoms with van der Waals surface area (Å²) in [6, 6.07) is 4.03. The molecule has 1 aromatic heterocycles. The predicted octanol–water partition coefficient (Wildman–Crippen LogP) is 0.749.